The summed E-state index contributed by atoms with van der Waals surface area (Å²) in [6.07, 6.45) is 4.24. The van der Waals surface area contributed by atoms with E-state index in [2.05, 4.69) is 20.3 Å². The summed E-state index contributed by atoms with van der Waals surface area (Å²) in [5.74, 6) is -0.434. The molecule has 0 spiro atoms. The van der Waals surface area contributed by atoms with Gasteiger partial charge in [0.15, 0.2) is 0 Å². The Balaban J connectivity index is 1.57. The number of carbonyl (C=O) groups excluding carboxylic acids is 1. The van der Waals surface area contributed by atoms with E-state index in [-0.39, 0.29) is 12.1 Å². The Kier molecular flexibility index (Phi) is 5.77. The average molecular weight is 420 g/mol. The molecule has 4 atom stereocenters. The normalized spacial score (nSPS) is 25.7. The van der Waals surface area contributed by atoms with E-state index in [0.717, 1.165) is 5.56 Å². The summed E-state index contributed by atoms with van der Waals surface area (Å²) < 4.78 is 5.95. The van der Waals surface area contributed by atoms with E-state index in [1.807, 2.05) is 30.3 Å². The first-order valence-corrected chi connectivity index (χ1v) is 10.0. The number of aliphatic hydroxyl groups excluding tert-OH is 1. The molecule has 3 aromatic rings. The Morgan fingerprint density at radius 3 is 2.68 bits per heavy atom. The van der Waals surface area contributed by atoms with Gasteiger partial charge in [0, 0.05) is 23.7 Å². The van der Waals surface area contributed by atoms with Crippen LogP contribution in [0.15, 0.2) is 61.2 Å². The van der Waals surface area contributed by atoms with Gasteiger partial charge in [-0.2, -0.15) is 0 Å². The highest BCUT2D eigenvalue weighted by molar-refractivity contribution is 6.03. The zero-order valence-corrected chi connectivity index (χ0v) is 17.3. The summed E-state index contributed by atoms with van der Waals surface area (Å²) in [6, 6.07) is 11.2. The monoisotopic (exact) mass is 420 g/mol. The van der Waals surface area contributed by atoms with E-state index in [1.165, 1.54) is 12.4 Å². The lowest BCUT2D eigenvalue weighted by Gasteiger charge is -2.43. The maximum Gasteiger partial charge on any atom is 0.275 e. The van der Waals surface area contributed by atoms with E-state index >= 15 is 0 Å². The lowest BCUT2D eigenvalue weighted by Crippen LogP contribution is -2.54. The van der Waals surface area contributed by atoms with Crippen molar-refractivity contribution in [3.05, 3.63) is 72.4 Å². The van der Waals surface area contributed by atoms with Crippen molar-refractivity contribution < 1.29 is 19.7 Å². The van der Waals surface area contributed by atoms with Crippen molar-refractivity contribution in [1.29, 1.82) is 0 Å². The van der Waals surface area contributed by atoms with Gasteiger partial charge in [-0.15, -0.1) is 0 Å². The van der Waals surface area contributed by atoms with Crippen molar-refractivity contribution in [3.8, 4) is 11.3 Å². The van der Waals surface area contributed by atoms with Crippen LogP contribution in [0.5, 0.6) is 0 Å². The fourth-order valence-electron chi connectivity index (χ4n) is 3.55. The number of carbonyl (C=O) groups is 1. The van der Waals surface area contributed by atoms with Crippen molar-refractivity contribution in [3.63, 3.8) is 0 Å². The molecule has 3 heterocycles. The van der Waals surface area contributed by atoms with Crippen LogP contribution in [0.25, 0.3) is 11.3 Å². The number of pyridine rings is 1. The number of nitrogens with zero attached hydrogens (tertiary/aromatic N) is 3. The Hall–Kier alpha value is -3.20. The molecule has 0 saturated carbocycles. The number of anilines is 1. The molecule has 160 valence electrons. The zero-order chi connectivity index (χ0) is 22.0. The summed E-state index contributed by atoms with van der Waals surface area (Å²) in [4.78, 5) is 25.6. The van der Waals surface area contributed by atoms with E-state index in [9.17, 15) is 15.0 Å². The molecule has 1 amide bonds. The summed E-state index contributed by atoms with van der Waals surface area (Å²) in [5.41, 5.74) is 1.38. The molecular weight excluding hydrogens is 396 g/mol. The fraction of sp³-hybridized carbons (Fsp3) is 0.304. The number of hydrogen-bond donors (Lipinski definition) is 3. The van der Waals surface area contributed by atoms with Gasteiger partial charge < -0.3 is 20.3 Å². The van der Waals surface area contributed by atoms with Crippen molar-refractivity contribution in [2.45, 2.75) is 44.2 Å². The topological polar surface area (TPSA) is 117 Å². The largest absolute Gasteiger partial charge is 0.390 e. The second-order valence-electron chi connectivity index (χ2n) is 7.82. The predicted octanol–water partition coefficient (Wildman–Crippen LogP) is 2.75. The molecule has 31 heavy (non-hydrogen) atoms. The number of aromatic nitrogens is 3. The van der Waals surface area contributed by atoms with Gasteiger partial charge in [0.1, 0.15) is 11.3 Å². The number of aliphatic hydroxyl groups is 2. The van der Waals surface area contributed by atoms with Crippen LogP contribution in [0.1, 0.15) is 42.4 Å². The number of nitrogens with one attached hydrogen (secondary N) is 1. The van der Waals surface area contributed by atoms with Gasteiger partial charge in [-0.1, -0.05) is 30.3 Å². The standard InChI is InChI=1S/C23H24N4O4/c1-14-23(2,30)21(28)10-20(31-14)16-8-9-24-12-18(16)27-22(29)19-13-25-11-17(26-19)15-6-4-3-5-7-15/h3-9,11-14,20-21,28,30H,10H2,1-2H3,(H,27,29)/t14-,20-,21-,23-/m0/s1. The Bertz CT molecular complexity index is 1060. The third kappa shape index (κ3) is 4.32. The second kappa shape index (κ2) is 8.50. The zero-order valence-electron chi connectivity index (χ0n) is 17.3. The first-order valence-electron chi connectivity index (χ1n) is 10.0. The number of ether oxygens (including phenoxy) is 1. The molecule has 0 aliphatic carbocycles. The van der Waals surface area contributed by atoms with Gasteiger partial charge in [0.05, 0.1) is 48.3 Å². The van der Waals surface area contributed by atoms with Crippen molar-refractivity contribution in [2.75, 3.05) is 5.32 Å². The van der Waals surface area contributed by atoms with Crippen LogP contribution in [-0.4, -0.2) is 48.9 Å². The van der Waals surface area contributed by atoms with Crippen LogP contribution in [0.3, 0.4) is 0 Å². The lowest BCUT2D eigenvalue weighted by atomic mass is 9.84. The van der Waals surface area contributed by atoms with E-state index < -0.39 is 29.8 Å². The molecule has 3 N–H and O–H groups in total. The van der Waals surface area contributed by atoms with Crippen LogP contribution >= 0.6 is 0 Å². The van der Waals surface area contributed by atoms with Gasteiger partial charge in [0.2, 0.25) is 0 Å². The van der Waals surface area contributed by atoms with Crippen LogP contribution in [0.2, 0.25) is 0 Å². The molecule has 1 fully saturated rings. The van der Waals surface area contributed by atoms with Gasteiger partial charge in [0.25, 0.3) is 5.91 Å². The Morgan fingerprint density at radius 2 is 1.94 bits per heavy atom. The van der Waals surface area contributed by atoms with Gasteiger partial charge in [-0.25, -0.2) is 4.98 Å². The molecule has 1 aliphatic rings. The summed E-state index contributed by atoms with van der Waals surface area (Å²) in [5, 5.41) is 23.6. The molecular formula is C23H24N4O4. The van der Waals surface area contributed by atoms with Crippen LogP contribution in [0, 0.1) is 0 Å². The first-order chi connectivity index (χ1) is 14.9. The third-order valence-electron chi connectivity index (χ3n) is 5.69. The minimum atomic E-state index is -1.35. The molecule has 0 bridgehead atoms. The number of amides is 1. The lowest BCUT2D eigenvalue weighted by molar-refractivity contribution is -0.215. The quantitative estimate of drug-likeness (QED) is 0.594. The van der Waals surface area contributed by atoms with Crippen LogP contribution in [0.4, 0.5) is 5.69 Å². The molecule has 1 aliphatic heterocycles. The molecule has 4 rings (SSSR count). The van der Waals surface area contributed by atoms with Crippen molar-refractivity contribution in [2.24, 2.45) is 0 Å². The molecule has 1 aromatic carbocycles. The molecule has 8 heteroatoms. The molecule has 0 radical (unpaired) electrons. The summed E-state index contributed by atoms with van der Waals surface area (Å²) in [7, 11) is 0. The second-order valence-corrected chi connectivity index (χ2v) is 7.82. The maximum absolute atomic E-state index is 12.9. The van der Waals surface area contributed by atoms with E-state index in [0.29, 0.717) is 16.9 Å². The maximum atomic E-state index is 12.9. The van der Waals surface area contributed by atoms with Crippen LogP contribution < -0.4 is 5.32 Å². The minimum Gasteiger partial charge on any atom is -0.390 e. The Labute approximate surface area is 180 Å². The van der Waals surface area contributed by atoms with E-state index in [4.69, 9.17) is 4.74 Å². The molecule has 8 nitrogen and oxygen atoms in total. The first kappa shape index (κ1) is 21.0. The van der Waals surface area contributed by atoms with Crippen LogP contribution in [-0.2, 0) is 4.74 Å². The molecule has 1 saturated heterocycles. The predicted molar refractivity (Wildman–Crippen MR) is 114 cm³/mol. The average Bonchev–Trinajstić information content (AvgIpc) is 2.78. The fourth-order valence-corrected chi connectivity index (χ4v) is 3.55. The third-order valence-corrected chi connectivity index (χ3v) is 5.69. The van der Waals surface area contributed by atoms with Gasteiger partial charge >= 0.3 is 0 Å². The molecule has 2 aromatic heterocycles. The number of hydrogen-bond acceptors (Lipinski definition) is 7. The van der Waals surface area contributed by atoms with Gasteiger partial charge in [-0.3, -0.25) is 14.8 Å². The Morgan fingerprint density at radius 1 is 1.16 bits per heavy atom. The smallest absolute Gasteiger partial charge is 0.275 e. The summed E-state index contributed by atoms with van der Waals surface area (Å²) >= 11 is 0. The number of rotatable bonds is 4. The summed E-state index contributed by atoms with van der Waals surface area (Å²) in [6.45, 7) is 3.26. The van der Waals surface area contributed by atoms with Crippen molar-refractivity contribution >= 4 is 11.6 Å². The highest BCUT2D eigenvalue weighted by Gasteiger charge is 2.44. The van der Waals surface area contributed by atoms with Crippen molar-refractivity contribution in [1.82, 2.24) is 15.0 Å². The van der Waals surface area contributed by atoms with E-state index in [1.54, 1.807) is 32.3 Å². The SMILES string of the molecule is C[C@@H]1O[C@H](c2ccncc2NC(=O)c2cncc(-c3ccccc3)n2)C[C@H](O)[C@@]1(C)O. The number of benzene rings is 1. The highest BCUT2D eigenvalue weighted by Crippen LogP contribution is 2.39. The highest BCUT2D eigenvalue weighted by atomic mass is 16.5. The minimum absolute atomic E-state index is 0.164. The molecule has 0 unspecified atom stereocenters. The van der Waals surface area contributed by atoms with Gasteiger partial charge in [-0.05, 0) is 19.9 Å².